The van der Waals surface area contributed by atoms with Crippen molar-refractivity contribution < 1.29 is 31.9 Å². The first-order chi connectivity index (χ1) is 17.7. The minimum absolute atomic E-state index is 0.0000740. The molecule has 2 aliphatic rings. The van der Waals surface area contributed by atoms with Crippen LogP contribution in [0.15, 0.2) is 30.5 Å². The number of anilines is 1. The number of pyridine rings is 1. The Morgan fingerprint density at radius 3 is 2.61 bits per heavy atom. The van der Waals surface area contributed by atoms with Crippen LogP contribution in [0.2, 0.25) is 0 Å². The van der Waals surface area contributed by atoms with Gasteiger partial charge in [0.25, 0.3) is 5.91 Å². The smallest absolute Gasteiger partial charge is 0.410 e. The number of nitriles is 1. The number of fused-ring (bicyclic) bond motifs is 1. The number of aromatic nitrogens is 1. The lowest BCUT2D eigenvalue weighted by Gasteiger charge is -2.41. The number of alkyl halides is 4. The van der Waals surface area contributed by atoms with E-state index in [0.717, 1.165) is 4.90 Å². The quantitative estimate of drug-likeness (QED) is 0.588. The zero-order valence-electron chi connectivity index (χ0n) is 21.3. The lowest BCUT2D eigenvalue weighted by molar-refractivity contribution is -0.178. The van der Waals surface area contributed by atoms with Gasteiger partial charge in [-0.3, -0.25) is 9.78 Å². The summed E-state index contributed by atoms with van der Waals surface area (Å²) in [5.74, 6) is -2.83. The van der Waals surface area contributed by atoms with Crippen LogP contribution in [0.3, 0.4) is 0 Å². The average molecular weight is 536 g/mol. The maximum atomic E-state index is 15.6. The molecule has 4 rings (SSSR count). The second-order valence-corrected chi connectivity index (χ2v) is 10.8. The topological polar surface area (TPSA) is 98.6 Å². The Bertz CT molecular complexity index is 1270. The van der Waals surface area contributed by atoms with E-state index >= 15 is 4.39 Å². The summed E-state index contributed by atoms with van der Waals surface area (Å²) in [5.41, 5.74) is -2.17. The van der Waals surface area contributed by atoms with Gasteiger partial charge in [0.15, 0.2) is 0 Å². The Hall–Kier alpha value is -3.62. The van der Waals surface area contributed by atoms with E-state index in [4.69, 9.17) is 4.74 Å². The first kappa shape index (κ1) is 27.4. The van der Waals surface area contributed by atoms with Crippen molar-refractivity contribution >= 4 is 28.6 Å². The first-order valence-corrected chi connectivity index (χ1v) is 12.3. The molecule has 0 saturated carbocycles. The van der Waals surface area contributed by atoms with E-state index in [-0.39, 0.29) is 31.6 Å². The Labute approximate surface area is 217 Å². The molecule has 12 heteroatoms. The van der Waals surface area contributed by atoms with E-state index in [9.17, 15) is 28.0 Å². The molecule has 2 aliphatic heterocycles. The van der Waals surface area contributed by atoms with E-state index < -0.39 is 54.4 Å². The van der Waals surface area contributed by atoms with Gasteiger partial charge in [-0.25, -0.2) is 9.18 Å². The molecule has 0 radical (unpaired) electrons. The number of rotatable bonds is 3. The Balaban J connectivity index is 1.55. The summed E-state index contributed by atoms with van der Waals surface area (Å²) in [6, 6.07) is 7.38. The number of ether oxygens (including phenoxy) is 1. The zero-order valence-corrected chi connectivity index (χ0v) is 21.3. The average Bonchev–Trinajstić information content (AvgIpc) is 3.25. The molecule has 2 saturated heterocycles. The number of likely N-dealkylation sites (tertiary alicyclic amines) is 1. The molecule has 3 atom stereocenters. The van der Waals surface area contributed by atoms with Gasteiger partial charge in [-0.05, 0) is 51.5 Å². The number of benzene rings is 1. The number of nitrogens with zero attached hydrogens (tertiary/aromatic N) is 4. The monoisotopic (exact) mass is 535 g/mol. The van der Waals surface area contributed by atoms with Gasteiger partial charge in [0.2, 0.25) is 5.67 Å². The van der Waals surface area contributed by atoms with Gasteiger partial charge in [-0.1, -0.05) is 0 Å². The van der Waals surface area contributed by atoms with E-state index in [1.807, 2.05) is 6.07 Å². The van der Waals surface area contributed by atoms with Crippen LogP contribution in [0.25, 0.3) is 10.9 Å². The van der Waals surface area contributed by atoms with Crippen LogP contribution in [0.1, 0.15) is 39.2 Å². The van der Waals surface area contributed by atoms with Crippen LogP contribution in [0, 0.1) is 17.2 Å². The summed E-state index contributed by atoms with van der Waals surface area (Å²) in [5, 5.41) is 12.4. The molecule has 38 heavy (non-hydrogen) atoms. The summed E-state index contributed by atoms with van der Waals surface area (Å²) in [4.78, 5) is 32.1. The minimum Gasteiger partial charge on any atom is -0.444 e. The molecule has 1 N–H and O–H groups in total. The van der Waals surface area contributed by atoms with Crippen molar-refractivity contribution in [1.29, 1.82) is 5.26 Å². The number of halogens is 4. The third-order valence-electron chi connectivity index (χ3n) is 6.73. The van der Waals surface area contributed by atoms with Crippen molar-refractivity contribution in [2.75, 3.05) is 31.1 Å². The normalized spacial score (nSPS) is 24.3. The number of piperidine rings is 1. The number of hydrogen-bond donors (Lipinski definition) is 1. The fraction of sp³-hybridized carbons (Fsp3) is 0.538. The third-order valence-corrected chi connectivity index (χ3v) is 6.73. The van der Waals surface area contributed by atoms with Crippen LogP contribution in [-0.2, 0) is 9.53 Å². The molecule has 8 nitrogen and oxygen atoms in total. The molecule has 1 aromatic carbocycles. The standard InChI is InChI=1S/C26H29F4N5O3/c1-24(2,3)38-23(37)34-10-8-25(27,15-34)22(36)33-18-11-17(26(28,29)30)13-35(14-18)20-7-6-16(12-31)21-19(20)5-4-9-32-21/h4-7,9,17-18H,8,10-11,13-15H2,1-3H3,(H,33,36)/t17-,18+,25?/m0/s1. The van der Waals surface area contributed by atoms with Crippen LogP contribution >= 0.6 is 0 Å². The van der Waals surface area contributed by atoms with E-state index in [1.165, 1.54) is 17.2 Å². The summed E-state index contributed by atoms with van der Waals surface area (Å²) in [6.07, 6.45) is -4.51. The van der Waals surface area contributed by atoms with Crippen LogP contribution in [0.5, 0.6) is 0 Å². The highest BCUT2D eigenvalue weighted by Gasteiger charge is 2.50. The van der Waals surface area contributed by atoms with Gasteiger partial charge in [0, 0.05) is 49.4 Å². The SMILES string of the molecule is CC(C)(C)OC(=O)N1CCC(F)(C(=O)N[C@@H]2C[C@H](C(F)(F)F)CN(c3ccc(C#N)c4ncccc34)C2)C1. The maximum Gasteiger partial charge on any atom is 0.410 e. The van der Waals surface area contributed by atoms with Gasteiger partial charge in [0.05, 0.1) is 23.5 Å². The van der Waals surface area contributed by atoms with Gasteiger partial charge in [0.1, 0.15) is 11.7 Å². The first-order valence-electron chi connectivity index (χ1n) is 12.3. The number of carbonyl (C=O) groups excluding carboxylic acids is 2. The van der Waals surface area contributed by atoms with Gasteiger partial charge >= 0.3 is 12.3 Å². The molecule has 3 heterocycles. The lowest BCUT2D eigenvalue weighted by Crippen LogP contribution is -2.57. The van der Waals surface area contributed by atoms with Crippen molar-refractivity contribution in [3.05, 3.63) is 36.0 Å². The van der Waals surface area contributed by atoms with Crippen molar-refractivity contribution in [1.82, 2.24) is 15.2 Å². The number of amides is 2. The molecular weight excluding hydrogens is 506 g/mol. The minimum atomic E-state index is -4.55. The lowest BCUT2D eigenvalue weighted by atomic mass is 9.91. The Morgan fingerprint density at radius 1 is 1.21 bits per heavy atom. The predicted octanol–water partition coefficient (Wildman–Crippen LogP) is 4.33. The van der Waals surface area contributed by atoms with Crippen LogP contribution in [0.4, 0.5) is 28.0 Å². The summed E-state index contributed by atoms with van der Waals surface area (Å²) >= 11 is 0. The highest BCUT2D eigenvalue weighted by molar-refractivity contribution is 5.95. The number of hydrogen-bond acceptors (Lipinski definition) is 6. The molecule has 0 aliphatic carbocycles. The van der Waals surface area contributed by atoms with E-state index in [2.05, 4.69) is 10.3 Å². The molecule has 0 spiro atoms. The predicted molar refractivity (Wildman–Crippen MR) is 131 cm³/mol. The van der Waals surface area contributed by atoms with Gasteiger partial charge < -0.3 is 19.9 Å². The molecule has 1 unspecified atom stereocenters. The van der Waals surface area contributed by atoms with Gasteiger partial charge in [-0.2, -0.15) is 18.4 Å². The second-order valence-electron chi connectivity index (χ2n) is 10.8. The van der Waals surface area contributed by atoms with Crippen LogP contribution in [-0.4, -0.2) is 71.6 Å². The fourth-order valence-electron chi connectivity index (χ4n) is 4.92. The van der Waals surface area contributed by atoms with Crippen LogP contribution < -0.4 is 10.2 Å². The molecule has 2 amide bonds. The summed E-state index contributed by atoms with van der Waals surface area (Å²) < 4.78 is 62.5. The maximum absolute atomic E-state index is 15.6. The Morgan fingerprint density at radius 2 is 1.95 bits per heavy atom. The fourth-order valence-corrected chi connectivity index (χ4v) is 4.92. The van der Waals surface area contributed by atoms with Crippen molar-refractivity contribution in [2.45, 2.75) is 57.1 Å². The third kappa shape index (κ3) is 5.76. The summed E-state index contributed by atoms with van der Waals surface area (Å²) in [6.45, 7) is 4.03. The molecule has 1 aromatic heterocycles. The molecule has 2 aromatic rings. The van der Waals surface area contributed by atoms with E-state index in [1.54, 1.807) is 39.0 Å². The molecule has 204 valence electrons. The second kappa shape index (κ2) is 9.93. The van der Waals surface area contributed by atoms with Crippen molar-refractivity contribution in [3.8, 4) is 6.07 Å². The number of nitrogens with one attached hydrogen (secondary N) is 1. The molecule has 0 bridgehead atoms. The van der Waals surface area contributed by atoms with Crippen molar-refractivity contribution in [2.24, 2.45) is 5.92 Å². The molecule has 2 fully saturated rings. The van der Waals surface area contributed by atoms with Gasteiger partial charge in [-0.15, -0.1) is 0 Å². The summed E-state index contributed by atoms with van der Waals surface area (Å²) in [7, 11) is 0. The van der Waals surface area contributed by atoms with Crippen molar-refractivity contribution in [3.63, 3.8) is 0 Å². The zero-order chi connectivity index (χ0) is 27.9. The Kier molecular flexibility index (Phi) is 7.16. The highest BCUT2D eigenvalue weighted by Crippen LogP contribution is 2.38. The highest BCUT2D eigenvalue weighted by atomic mass is 19.4. The van der Waals surface area contributed by atoms with E-state index in [0.29, 0.717) is 16.6 Å². The molecular formula is C26H29F4N5O3. The largest absolute Gasteiger partial charge is 0.444 e. The number of carbonyl (C=O) groups is 2.